The summed E-state index contributed by atoms with van der Waals surface area (Å²) in [7, 11) is -2.67. The SMILES string of the molecule is C[P@@](=O)(c1nccn1-c1ccc(N2CCCC2)nn1)N1CCCC1. The van der Waals surface area contributed by atoms with Crippen LogP contribution in [0.3, 0.4) is 0 Å². The lowest BCUT2D eigenvalue weighted by atomic mass is 10.4. The summed E-state index contributed by atoms with van der Waals surface area (Å²) in [6.45, 7) is 5.65. The zero-order valence-electron chi connectivity index (χ0n) is 14.0. The summed E-state index contributed by atoms with van der Waals surface area (Å²) in [5.41, 5.74) is 0.590. The minimum atomic E-state index is -2.67. The van der Waals surface area contributed by atoms with Gasteiger partial charge in [-0.15, -0.1) is 10.2 Å². The van der Waals surface area contributed by atoms with Crippen LogP contribution in [0.1, 0.15) is 25.7 Å². The molecule has 0 radical (unpaired) electrons. The zero-order chi connectivity index (χ0) is 16.6. The normalized spacial score (nSPS) is 21.3. The number of hydrogen-bond acceptors (Lipinski definition) is 5. The molecule has 2 saturated heterocycles. The lowest BCUT2D eigenvalue weighted by Crippen LogP contribution is -2.29. The fraction of sp³-hybridized carbons (Fsp3) is 0.562. The average molecular weight is 346 g/mol. The Hall–Kier alpha value is -1.72. The second-order valence-electron chi connectivity index (χ2n) is 6.58. The number of imidazole rings is 1. The van der Waals surface area contributed by atoms with E-state index >= 15 is 0 Å². The molecular weight excluding hydrogens is 323 g/mol. The van der Waals surface area contributed by atoms with Gasteiger partial charge in [0.1, 0.15) is 0 Å². The molecule has 7 nitrogen and oxygen atoms in total. The molecule has 4 heterocycles. The molecule has 2 fully saturated rings. The minimum absolute atomic E-state index is 0.590. The molecule has 2 aromatic heterocycles. The van der Waals surface area contributed by atoms with Crippen molar-refractivity contribution in [3.63, 3.8) is 0 Å². The molecule has 0 spiro atoms. The van der Waals surface area contributed by atoms with E-state index in [2.05, 4.69) is 24.8 Å². The molecule has 1 atom stereocenters. The van der Waals surface area contributed by atoms with Gasteiger partial charge in [0.15, 0.2) is 17.2 Å². The van der Waals surface area contributed by atoms with Crippen molar-refractivity contribution in [2.45, 2.75) is 25.7 Å². The van der Waals surface area contributed by atoms with Gasteiger partial charge < -0.3 is 4.90 Å². The molecule has 0 bridgehead atoms. The molecule has 2 aliphatic heterocycles. The highest BCUT2D eigenvalue weighted by Crippen LogP contribution is 2.46. The predicted molar refractivity (Wildman–Crippen MR) is 94.6 cm³/mol. The Bertz CT molecular complexity index is 746. The van der Waals surface area contributed by atoms with Gasteiger partial charge >= 0.3 is 0 Å². The van der Waals surface area contributed by atoms with Gasteiger partial charge in [-0.05, 0) is 37.8 Å². The Balaban J connectivity index is 1.63. The lowest BCUT2D eigenvalue weighted by Gasteiger charge is -2.24. The fourth-order valence-corrected chi connectivity index (χ4v) is 5.70. The van der Waals surface area contributed by atoms with Gasteiger partial charge in [0, 0.05) is 45.2 Å². The second-order valence-corrected chi connectivity index (χ2v) is 9.30. The van der Waals surface area contributed by atoms with Gasteiger partial charge in [0.2, 0.25) is 7.29 Å². The number of nitrogens with zero attached hydrogens (tertiary/aromatic N) is 6. The number of rotatable bonds is 4. The maximum atomic E-state index is 13.3. The van der Waals surface area contributed by atoms with Crippen LogP contribution in [-0.4, -0.2) is 57.3 Å². The molecule has 2 aromatic rings. The van der Waals surface area contributed by atoms with E-state index in [-0.39, 0.29) is 0 Å². The zero-order valence-corrected chi connectivity index (χ0v) is 14.9. The van der Waals surface area contributed by atoms with Crippen molar-refractivity contribution >= 4 is 18.7 Å². The van der Waals surface area contributed by atoms with E-state index in [0.29, 0.717) is 11.4 Å². The van der Waals surface area contributed by atoms with E-state index in [9.17, 15) is 4.57 Å². The Kier molecular flexibility index (Phi) is 4.14. The van der Waals surface area contributed by atoms with Crippen LogP contribution in [0.2, 0.25) is 0 Å². The summed E-state index contributed by atoms with van der Waals surface area (Å²) >= 11 is 0. The first-order valence-corrected chi connectivity index (χ1v) is 10.7. The predicted octanol–water partition coefficient (Wildman–Crippen LogP) is 1.89. The van der Waals surface area contributed by atoms with Crippen molar-refractivity contribution in [2.75, 3.05) is 37.7 Å². The van der Waals surface area contributed by atoms with Gasteiger partial charge in [-0.3, -0.25) is 9.13 Å². The van der Waals surface area contributed by atoms with Crippen molar-refractivity contribution in [1.29, 1.82) is 0 Å². The van der Waals surface area contributed by atoms with Gasteiger partial charge in [-0.25, -0.2) is 9.65 Å². The third kappa shape index (κ3) is 2.76. The van der Waals surface area contributed by atoms with E-state index in [0.717, 1.165) is 44.8 Å². The highest BCUT2D eigenvalue weighted by Gasteiger charge is 2.34. The minimum Gasteiger partial charge on any atom is -0.355 e. The quantitative estimate of drug-likeness (QED) is 0.788. The van der Waals surface area contributed by atoms with Crippen LogP contribution in [0.25, 0.3) is 5.82 Å². The van der Waals surface area contributed by atoms with Gasteiger partial charge in [0.05, 0.1) is 0 Å². The van der Waals surface area contributed by atoms with Crippen LogP contribution in [0.15, 0.2) is 24.5 Å². The third-order valence-corrected chi connectivity index (χ3v) is 7.48. The van der Waals surface area contributed by atoms with Crippen molar-refractivity contribution < 1.29 is 4.57 Å². The van der Waals surface area contributed by atoms with E-state index in [1.54, 1.807) is 6.20 Å². The molecular formula is C16H23N6OP. The number of hydrogen-bond donors (Lipinski definition) is 0. The van der Waals surface area contributed by atoms with Crippen LogP contribution in [-0.2, 0) is 4.57 Å². The van der Waals surface area contributed by atoms with Crippen molar-refractivity contribution in [1.82, 2.24) is 24.4 Å². The monoisotopic (exact) mass is 346 g/mol. The standard InChI is InChI=1S/C16H23N6OP/c1-24(23,21-11-4-5-12-21)16-17-8-13-22(16)15-7-6-14(18-19-15)20-9-2-3-10-20/h6-8,13H,2-5,9-12H2,1H3/t24-/m1/s1. The molecule has 4 rings (SSSR count). The summed E-state index contributed by atoms with van der Waals surface area (Å²) in [4.78, 5) is 6.64. The van der Waals surface area contributed by atoms with Crippen molar-refractivity contribution in [2.24, 2.45) is 0 Å². The summed E-state index contributed by atoms with van der Waals surface area (Å²) < 4.78 is 17.2. The molecule has 128 valence electrons. The van der Waals surface area contributed by atoms with Crippen LogP contribution in [0.5, 0.6) is 0 Å². The lowest BCUT2D eigenvalue weighted by molar-refractivity contribution is 0.486. The van der Waals surface area contributed by atoms with E-state index in [4.69, 9.17) is 0 Å². The van der Waals surface area contributed by atoms with Crippen LogP contribution in [0.4, 0.5) is 5.82 Å². The Morgan fingerprint density at radius 1 is 0.958 bits per heavy atom. The summed E-state index contributed by atoms with van der Waals surface area (Å²) in [5, 5.41) is 8.72. The fourth-order valence-electron chi connectivity index (χ4n) is 3.55. The molecule has 0 saturated carbocycles. The molecule has 0 aromatic carbocycles. The first kappa shape index (κ1) is 15.8. The third-order valence-electron chi connectivity index (χ3n) is 4.93. The molecule has 0 unspecified atom stereocenters. The van der Waals surface area contributed by atoms with Crippen molar-refractivity contribution in [3.05, 3.63) is 24.5 Å². The smallest absolute Gasteiger partial charge is 0.210 e. The number of anilines is 1. The molecule has 0 N–H and O–H groups in total. The largest absolute Gasteiger partial charge is 0.355 e. The first-order valence-electron chi connectivity index (χ1n) is 8.62. The maximum Gasteiger partial charge on any atom is 0.210 e. The van der Waals surface area contributed by atoms with Gasteiger partial charge in [0.25, 0.3) is 0 Å². The van der Waals surface area contributed by atoms with E-state index in [1.165, 1.54) is 12.8 Å². The van der Waals surface area contributed by atoms with E-state index < -0.39 is 7.29 Å². The van der Waals surface area contributed by atoms with Crippen LogP contribution in [0, 0.1) is 0 Å². The molecule has 0 amide bonds. The maximum absolute atomic E-state index is 13.3. The Morgan fingerprint density at radius 3 is 2.25 bits per heavy atom. The second kappa shape index (κ2) is 6.30. The van der Waals surface area contributed by atoms with Crippen molar-refractivity contribution in [3.8, 4) is 5.82 Å². The van der Waals surface area contributed by atoms with Crippen LogP contribution >= 0.6 is 7.29 Å². The number of aromatic nitrogens is 4. The molecule has 0 aliphatic carbocycles. The Morgan fingerprint density at radius 2 is 1.58 bits per heavy atom. The highest BCUT2D eigenvalue weighted by molar-refractivity contribution is 7.68. The van der Waals surface area contributed by atoms with E-state index in [1.807, 2.05) is 29.6 Å². The topological polar surface area (TPSA) is 67.2 Å². The average Bonchev–Trinajstić information content (AvgIpc) is 3.37. The molecule has 2 aliphatic rings. The van der Waals surface area contributed by atoms with Crippen LogP contribution < -0.4 is 10.5 Å². The molecule has 8 heteroatoms. The Labute approximate surface area is 142 Å². The summed E-state index contributed by atoms with van der Waals surface area (Å²) in [6, 6.07) is 3.93. The van der Waals surface area contributed by atoms with Gasteiger partial charge in [-0.1, -0.05) is 0 Å². The first-order chi connectivity index (χ1) is 11.7. The van der Waals surface area contributed by atoms with Gasteiger partial charge in [-0.2, -0.15) is 0 Å². The summed E-state index contributed by atoms with van der Waals surface area (Å²) in [5.74, 6) is 1.59. The highest BCUT2D eigenvalue weighted by atomic mass is 31.2. The molecule has 24 heavy (non-hydrogen) atoms. The summed E-state index contributed by atoms with van der Waals surface area (Å²) in [6.07, 6.45) is 8.14.